The molecule has 2 heterocycles. The summed E-state index contributed by atoms with van der Waals surface area (Å²) < 4.78 is 5.40. The van der Waals surface area contributed by atoms with Crippen molar-refractivity contribution in [3.8, 4) is 0 Å². The lowest BCUT2D eigenvalue weighted by molar-refractivity contribution is 0.195. The number of carbonyl (C=O) groups excluding carboxylic acids is 1. The molecule has 0 spiro atoms. The molecule has 0 saturated carbocycles. The zero-order valence-corrected chi connectivity index (χ0v) is 12.1. The number of para-hydroxylation sites is 1. The number of anilines is 1. The summed E-state index contributed by atoms with van der Waals surface area (Å²) in [7, 11) is 0. The van der Waals surface area contributed by atoms with Crippen LogP contribution in [-0.2, 0) is 6.42 Å². The van der Waals surface area contributed by atoms with Crippen molar-refractivity contribution in [3.05, 3.63) is 47.9 Å². The van der Waals surface area contributed by atoms with Crippen LogP contribution in [0.2, 0.25) is 0 Å². The predicted octanol–water partition coefficient (Wildman–Crippen LogP) is 3.61. The van der Waals surface area contributed by atoms with Gasteiger partial charge in [0.25, 0.3) is 0 Å². The number of nitrogens with zero attached hydrogens (tertiary/aromatic N) is 2. The minimum Gasteiger partial charge on any atom is -0.359 e. The molecule has 0 aliphatic carbocycles. The topological polar surface area (TPSA) is 58.4 Å². The lowest BCUT2D eigenvalue weighted by Gasteiger charge is -2.23. The fourth-order valence-electron chi connectivity index (χ4n) is 2.67. The molecule has 2 aromatic rings. The summed E-state index contributed by atoms with van der Waals surface area (Å²) in [5.74, 6) is 0.785. The number of rotatable bonds is 3. The normalized spacial score (nSPS) is 18.0. The van der Waals surface area contributed by atoms with Gasteiger partial charge >= 0.3 is 6.03 Å². The van der Waals surface area contributed by atoms with Crippen LogP contribution in [0.5, 0.6) is 0 Å². The van der Waals surface area contributed by atoms with Crippen LogP contribution in [0, 0.1) is 0 Å². The molecule has 2 amide bonds. The minimum atomic E-state index is -0.0850. The Morgan fingerprint density at radius 3 is 2.95 bits per heavy atom. The van der Waals surface area contributed by atoms with E-state index in [0.29, 0.717) is 0 Å². The fraction of sp³-hybridized carbons (Fsp3) is 0.375. The Balaban J connectivity index is 1.73. The van der Waals surface area contributed by atoms with Crippen molar-refractivity contribution in [2.75, 3.05) is 11.9 Å². The summed E-state index contributed by atoms with van der Waals surface area (Å²) in [4.78, 5) is 14.3. The molecule has 1 atom stereocenters. The smallest absolute Gasteiger partial charge is 0.322 e. The number of urea groups is 1. The third kappa shape index (κ3) is 2.91. The summed E-state index contributed by atoms with van der Waals surface area (Å²) in [6.07, 6.45) is 2.74. The molecule has 1 aromatic heterocycles. The zero-order valence-electron chi connectivity index (χ0n) is 12.1. The number of hydrogen-bond acceptors (Lipinski definition) is 3. The second-order valence-electron chi connectivity index (χ2n) is 5.22. The van der Waals surface area contributed by atoms with Crippen LogP contribution in [0.25, 0.3) is 0 Å². The summed E-state index contributed by atoms with van der Waals surface area (Å²) in [6, 6.07) is 11.4. The molecule has 5 heteroatoms. The second-order valence-corrected chi connectivity index (χ2v) is 5.22. The number of aryl methyl sites for hydroxylation is 1. The molecule has 3 rings (SSSR count). The Morgan fingerprint density at radius 2 is 2.24 bits per heavy atom. The maximum Gasteiger partial charge on any atom is 0.322 e. The van der Waals surface area contributed by atoms with Crippen LogP contribution in [-0.4, -0.2) is 22.6 Å². The number of amides is 2. The molecule has 110 valence electrons. The number of nitrogens with one attached hydrogen (secondary N) is 1. The molecule has 1 N–H and O–H groups in total. The van der Waals surface area contributed by atoms with Crippen molar-refractivity contribution in [1.82, 2.24) is 10.1 Å². The highest BCUT2D eigenvalue weighted by Crippen LogP contribution is 2.32. The first-order valence-electron chi connectivity index (χ1n) is 7.36. The highest BCUT2D eigenvalue weighted by atomic mass is 16.5. The van der Waals surface area contributed by atoms with E-state index in [1.54, 1.807) is 0 Å². The van der Waals surface area contributed by atoms with Crippen LogP contribution in [0.15, 0.2) is 40.9 Å². The first kappa shape index (κ1) is 13.7. The van der Waals surface area contributed by atoms with Crippen molar-refractivity contribution in [2.24, 2.45) is 0 Å². The van der Waals surface area contributed by atoms with Crippen LogP contribution in [0.4, 0.5) is 10.5 Å². The van der Waals surface area contributed by atoms with E-state index in [2.05, 4.69) is 10.5 Å². The average molecular weight is 285 g/mol. The minimum absolute atomic E-state index is 0.0125. The van der Waals surface area contributed by atoms with Gasteiger partial charge in [0.05, 0.1) is 11.7 Å². The SMILES string of the molecule is CCc1cc([C@@H]2CCCN2C(=O)Nc2ccccc2)on1. The standard InChI is InChI=1S/C16H19N3O2/c1-2-12-11-15(21-18-12)14-9-6-10-19(14)16(20)17-13-7-4-3-5-8-13/h3-5,7-8,11,14H,2,6,9-10H2,1H3,(H,17,20)/t14-/m0/s1. The monoisotopic (exact) mass is 285 g/mol. The van der Waals surface area contributed by atoms with Crippen LogP contribution in [0.1, 0.15) is 37.3 Å². The zero-order chi connectivity index (χ0) is 14.7. The quantitative estimate of drug-likeness (QED) is 0.937. The highest BCUT2D eigenvalue weighted by molar-refractivity contribution is 5.89. The van der Waals surface area contributed by atoms with E-state index >= 15 is 0 Å². The van der Waals surface area contributed by atoms with E-state index in [4.69, 9.17) is 4.52 Å². The van der Waals surface area contributed by atoms with E-state index in [1.807, 2.05) is 48.2 Å². The van der Waals surface area contributed by atoms with E-state index < -0.39 is 0 Å². The Bertz CT molecular complexity index is 609. The lowest BCUT2D eigenvalue weighted by Crippen LogP contribution is -2.34. The van der Waals surface area contributed by atoms with Gasteiger partial charge in [0.15, 0.2) is 5.76 Å². The van der Waals surface area contributed by atoms with Gasteiger partial charge in [-0.1, -0.05) is 30.3 Å². The van der Waals surface area contributed by atoms with Gasteiger partial charge in [-0.05, 0) is 31.4 Å². The van der Waals surface area contributed by atoms with Gasteiger partial charge in [-0.2, -0.15) is 0 Å². The molecule has 0 unspecified atom stereocenters. The van der Waals surface area contributed by atoms with E-state index in [9.17, 15) is 4.79 Å². The number of likely N-dealkylation sites (tertiary alicyclic amines) is 1. The van der Waals surface area contributed by atoms with E-state index in [1.165, 1.54) is 0 Å². The first-order valence-corrected chi connectivity index (χ1v) is 7.36. The molecular formula is C16H19N3O2. The second kappa shape index (κ2) is 5.99. The van der Waals surface area contributed by atoms with Gasteiger partial charge in [-0.25, -0.2) is 4.79 Å². The first-order chi connectivity index (χ1) is 10.3. The van der Waals surface area contributed by atoms with Gasteiger partial charge in [0.2, 0.25) is 0 Å². The van der Waals surface area contributed by atoms with E-state index in [-0.39, 0.29) is 12.1 Å². The van der Waals surface area contributed by atoms with Crippen molar-refractivity contribution in [1.29, 1.82) is 0 Å². The number of benzene rings is 1. The molecule has 0 bridgehead atoms. The predicted molar refractivity (Wildman–Crippen MR) is 80.0 cm³/mol. The molecule has 21 heavy (non-hydrogen) atoms. The molecule has 1 aromatic carbocycles. The Morgan fingerprint density at radius 1 is 1.43 bits per heavy atom. The van der Waals surface area contributed by atoms with Gasteiger partial charge in [-0.15, -0.1) is 0 Å². The Kier molecular flexibility index (Phi) is 3.90. The van der Waals surface area contributed by atoms with Gasteiger partial charge in [0, 0.05) is 18.3 Å². The molecule has 1 aliphatic rings. The molecular weight excluding hydrogens is 266 g/mol. The summed E-state index contributed by atoms with van der Waals surface area (Å²) >= 11 is 0. The van der Waals surface area contributed by atoms with Crippen LogP contribution < -0.4 is 5.32 Å². The Labute approximate surface area is 123 Å². The lowest BCUT2D eigenvalue weighted by atomic mass is 10.1. The van der Waals surface area contributed by atoms with Gasteiger partial charge in [0.1, 0.15) is 0 Å². The third-order valence-corrected chi connectivity index (χ3v) is 3.81. The summed E-state index contributed by atoms with van der Waals surface area (Å²) in [5.41, 5.74) is 1.74. The molecule has 1 saturated heterocycles. The summed E-state index contributed by atoms with van der Waals surface area (Å²) in [5, 5.41) is 6.95. The molecule has 1 fully saturated rings. The fourth-order valence-corrected chi connectivity index (χ4v) is 2.67. The van der Waals surface area contributed by atoms with Crippen LogP contribution in [0.3, 0.4) is 0 Å². The third-order valence-electron chi connectivity index (χ3n) is 3.81. The highest BCUT2D eigenvalue weighted by Gasteiger charge is 2.32. The molecule has 1 aliphatic heterocycles. The van der Waals surface area contributed by atoms with Crippen molar-refractivity contribution < 1.29 is 9.32 Å². The number of aromatic nitrogens is 1. The van der Waals surface area contributed by atoms with Crippen molar-refractivity contribution >= 4 is 11.7 Å². The van der Waals surface area contributed by atoms with Crippen molar-refractivity contribution in [3.63, 3.8) is 0 Å². The van der Waals surface area contributed by atoms with E-state index in [0.717, 1.165) is 42.9 Å². The van der Waals surface area contributed by atoms with Crippen LogP contribution >= 0.6 is 0 Å². The maximum absolute atomic E-state index is 12.4. The maximum atomic E-state index is 12.4. The molecule has 5 nitrogen and oxygen atoms in total. The number of hydrogen-bond donors (Lipinski definition) is 1. The van der Waals surface area contributed by atoms with Gasteiger partial charge in [-0.3, -0.25) is 0 Å². The summed E-state index contributed by atoms with van der Waals surface area (Å²) in [6.45, 7) is 2.78. The van der Waals surface area contributed by atoms with Gasteiger partial charge < -0.3 is 14.7 Å². The molecule has 0 radical (unpaired) electrons. The average Bonchev–Trinajstić information content (AvgIpc) is 3.16. The number of carbonyl (C=O) groups is 1. The Hall–Kier alpha value is -2.30. The van der Waals surface area contributed by atoms with Crippen molar-refractivity contribution in [2.45, 2.75) is 32.2 Å². The largest absolute Gasteiger partial charge is 0.359 e.